The molecule has 0 aliphatic carbocycles. The molecule has 19 heavy (non-hydrogen) atoms. The van der Waals surface area contributed by atoms with Gasteiger partial charge in [0.2, 0.25) is 0 Å². The standard InChI is InChI=1S/C14H17Cl2NO2/c15-12-3-1-10(2-4-12)13(16)9-17-7-5-11(6-8-17)14(18)19/h1-4,11,13H,5-9H2,(H,18,19). The minimum atomic E-state index is -0.681. The molecule has 1 aromatic rings. The second kappa shape index (κ2) is 6.60. The first kappa shape index (κ1) is 14.6. The number of aliphatic carboxylic acids is 1. The number of benzene rings is 1. The molecule has 0 amide bonds. The van der Waals surface area contributed by atoms with Gasteiger partial charge in [0, 0.05) is 11.6 Å². The van der Waals surface area contributed by atoms with E-state index in [1.807, 2.05) is 24.3 Å². The normalized spacial score (nSPS) is 19.3. The number of carboxylic acid groups (broad SMARTS) is 1. The lowest BCUT2D eigenvalue weighted by molar-refractivity contribution is -0.143. The van der Waals surface area contributed by atoms with E-state index in [0.717, 1.165) is 25.2 Å². The van der Waals surface area contributed by atoms with Crippen molar-refractivity contribution in [3.63, 3.8) is 0 Å². The lowest BCUT2D eigenvalue weighted by Gasteiger charge is -2.31. The maximum absolute atomic E-state index is 10.9. The predicted molar refractivity (Wildman–Crippen MR) is 76.8 cm³/mol. The third-order valence-corrected chi connectivity index (χ3v) is 4.23. The van der Waals surface area contributed by atoms with Crippen LogP contribution in [-0.2, 0) is 4.79 Å². The lowest BCUT2D eigenvalue weighted by Crippen LogP contribution is -2.37. The van der Waals surface area contributed by atoms with E-state index in [1.54, 1.807) is 0 Å². The summed E-state index contributed by atoms with van der Waals surface area (Å²) in [5, 5.41) is 9.57. The molecule has 0 radical (unpaired) electrons. The van der Waals surface area contributed by atoms with E-state index < -0.39 is 5.97 Å². The molecule has 5 heteroatoms. The Labute approximate surface area is 123 Å². The molecule has 1 aromatic carbocycles. The minimum Gasteiger partial charge on any atom is -0.481 e. The lowest BCUT2D eigenvalue weighted by atomic mass is 9.97. The summed E-state index contributed by atoms with van der Waals surface area (Å²) in [6.07, 6.45) is 1.42. The number of alkyl halides is 1. The molecule has 0 aromatic heterocycles. The number of carboxylic acids is 1. The molecule has 1 unspecified atom stereocenters. The van der Waals surface area contributed by atoms with Crippen molar-refractivity contribution in [2.45, 2.75) is 18.2 Å². The fourth-order valence-electron chi connectivity index (χ4n) is 2.37. The van der Waals surface area contributed by atoms with Gasteiger partial charge < -0.3 is 10.0 Å². The Morgan fingerprint density at radius 2 is 1.89 bits per heavy atom. The summed E-state index contributed by atoms with van der Waals surface area (Å²) in [6.45, 7) is 2.34. The highest BCUT2D eigenvalue weighted by Crippen LogP contribution is 2.25. The average molecular weight is 302 g/mol. The summed E-state index contributed by atoms with van der Waals surface area (Å²) >= 11 is 12.2. The van der Waals surface area contributed by atoms with Gasteiger partial charge >= 0.3 is 5.97 Å². The Morgan fingerprint density at radius 1 is 1.32 bits per heavy atom. The van der Waals surface area contributed by atoms with Crippen molar-refractivity contribution >= 4 is 29.2 Å². The zero-order valence-corrected chi connectivity index (χ0v) is 12.1. The van der Waals surface area contributed by atoms with E-state index in [0.29, 0.717) is 17.9 Å². The molecule has 104 valence electrons. The number of halogens is 2. The number of hydrogen-bond acceptors (Lipinski definition) is 2. The number of carbonyl (C=O) groups is 1. The highest BCUT2D eigenvalue weighted by molar-refractivity contribution is 6.30. The summed E-state index contributed by atoms with van der Waals surface area (Å²) < 4.78 is 0. The van der Waals surface area contributed by atoms with Crippen LogP contribution in [0.15, 0.2) is 24.3 Å². The van der Waals surface area contributed by atoms with E-state index in [1.165, 1.54) is 0 Å². The number of hydrogen-bond donors (Lipinski definition) is 1. The van der Waals surface area contributed by atoms with Crippen LogP contribution in [0.5, 0.6) is 0 Å². The van der Waals surface area contributed by atoms with Gasteiger partial charge in [-0.15, -0.1) is 11.6 Å². The van der Waals surface area contributed by atoms with Crippen LogP contribution in [0.2, 0.25) is 5.02 Å². The maximum atomic E-state index is 10.9. The summed E-state index contributed by atoms with van der Waals surface area (Å²) in [5.74, 6) is -0.875. The Kier molecular flexibility index (Phi) is 5.08. The monoisotopic (exact) mass is 301 g/mol. The van der Waals surface area contributed by atoms with Gasteiger partial charge in [0.05, 0.1) is 11.3 Å². The fourth-order valence-corrected chi connectivity index (χ4v) is 2.83. The van der Waals surface area contributed by atoms with E-state index in [4.69, 9.17) is 28.3 Å². The molecule has 1 aliphatic rings. The number of nitrogens with zero attached hydrogens (tertiary/aromatic N) is 1. The van der Waals surface area contributed by atoms with Crippen LogP contribution in [-0.4, -0.2) is 35.6 Å². The molecular weight excluding hydrogens is 285 g/mol. The van der Waals surface area contributed by atoms with Gasteiger partial charge in [-0.2, -0.15) is 0 Å². The first-order valence-corrected chi connectivity index (χ1v) is 7.22. The molecular formula is C14H17Cl2NO2. The zero-order chi connectivity index (χ0) is 13.8. The molecule has 1 fully saturated rings. The number of likely N-dealkylation sites (tertiary alicyclic amines) is 1. The van der Waals surface area contributed by atoms with Gasteiger partial charge in [-0.25, -0.2) is 0 Å². The van der Waals surface area contributed by atoms with Crippen LogP contribution in [0.3, 0.4) is 0 Å². The molecule has 0 spiro atoms. The highest BCUT2D eigenvalue weighted by Gasteiger charge is 2.25. The van der Waals surface area contributed by atoms with Crippen LogP contribution in [0, 0.1) is 5.92 Å². The predicted octanol–water partition coefficient (Wildman–Crippen LogP) is 3.42. The molecule has 1 aliphatic heterocycles. The maximum Gasteiger partial charge on any atom is 0.306 e. The molecule has 1 saturated heterocycles. The zero-order valence-electron chi connectivity index (χ0n) is 10.6. The Hall–Kier alpha value is -0.770. The minimum absolute atomic E-state index is 0.0846. The van der Waals surface area contributed by atoms with Crippen molar-refractivity contribution in [3.05, 3.63) is 34.9 Å². The van der Waals surface area contributed by atoms with Crippen molar-refractivity contribution in [1.82, 2.24) is 4.90 Å². The van der Waals surface area contributed by atoms with Crippen molar-refractivity contribution in [3.8, 4) is 0 Å². The van der Waals surface area contributed by atoms with E-state index in [9.17, 15) is 4.79 Å². The Morgan fingerprint density at radius 3 is 2.42 bits per heavy atom. The fraction of sp³-hybridized carbons (Fsp3) is 0.500. The van der Waals surface area contributed by atoms with Crippen LogP contribution < -0.4 is 0 Å². The molecule has 1 heterocycles. The summed E-state index contributed by atoms with van der Waals surface area (Å²) in [4.78, 5) is 13.1. The quantitative estimate of drug-likeness (QED) is 0.866. The first-order chi connectivity index (χ1) is 9.06. The van der Waals surface area contributed by atoms with Crippen LogP contribution in [0.4, 0.5) is 0 Å². The number of rotatable bonds is 4. The van der Waals surface area contributed by atoms with E-state index in [2.05, 4.69) is 4.90 Å². The van der Waals surface area contributed by atoms with Crippen molar-refractivity contribution in [2.75, 3.05) is 19.6 Å². The van der Waals surface area contributed by atoms with Gasteiger partial charge in [-0.3, -0.25) is 4.79 Å². The van der Waals surface area contributed by atoms with Crippen molar-refractivity contribution < 1.29 is 9.90 Å². The average Bonchev–Trinajstić information content (AvgIpc) is 2.40. The van der Waals surface area contributed by atoms with Crippen molar-refractivity contribution in [2.24, 2.45) is 5.92 Å². The topological polar surface area (TPSA) is 40.5 Å². The second-order valence-corrected chi connectivity index (χ2v) is 5.90. The molecule has 3 nitrogen and oxygen atoms in total. The molecule has 0 saturated carbocycles. The third-order valence-electron chi connectivity index (χ3n) is 3.59. The molecule has 2 rings (SSSR count). The Bertz CT molecular complexity index is 428. The van der Waals surface area contributed by atoms with Gasteiger partial charge in [-0.1, -0.05) is 23.7 Å². The molecule has 1 atom stereocenters. The van der Waals surface area contributed by atoms with Crippen molar-refractivity contribution in [1.29, 1.82) is 0 Å². The Balaban J connectivity index is 1.85. The first-order valence-electron chi connectivity index (χ1n) is 6.41. The van der Waals surface area contributed by atoms with E-state index >= 15 is 0 Å². The van der Waals surface area contributed by atoms with Crippen LogP contribution in [0.25, 0.3) is 0 Å². The summed E-state index contributed by atoms with van der Waals surface area (Å²) in [6, 6.07) is 7.54. The SMILES string of the molecule is O=C(O)C1CCN(CC(Cl)c2ccc(Cl)cc2)CC1. The highest BCUT2D eigenvalue weighted by atomic mass is 35.5. The number of piperidine rings is 1. The molecule has 0 bridgehead atoms. The second-order valence-electron chi connectivity index (χ2n) is 4.93. The van der Waals surface area contributed by atoms with Crippen LogP contribution in [0.1, 0.15) is 23.8 Å². The van der Waals surface area contributed by atoms with E-state index in [-0.39, 0.29) is 11.3 Å². The van der Waals surface area contributed by atoms with Gasteiger partial charge in [0.1, 0.15) is 0 Å². The van der Waals surface area contributed by atoms with Crippen LogP contribution >= 0.6 is 23.2 Å². The smallest absolute Gasteiger partial charge is 0.306 e. The summed E-state index contributed by atoms with van der Waals surface area (Å²) in [7, 11) is 0. The third kappa shape index (κ3) is 4.10. The molecule has 1 N–H and O–H groups in total. The van der Waals surface area contributed by atoms with Gasteiger partial charge in [0.15, 0.2) is 0 Å². The summed E-state index contributed by atoms with van der Waals surface area (Å²) in [5.41, 5.74) is 1.05. The van der Waals surface area contributed by atoms with Gasteiger partial charge in [0.25, 0.3) is 0 Å². The largest absolute Gasteiger partial charge is 0.481 e. The van der Waals surface area contributed by atoms with Gasteiger partial charge in [-0.05, 0) is 43.6 Å².